The van der Waals surface area contributed by atoms with E-state index >= 15 is 0 Å². The van der Waals surface area contributed by atoms with Crippen molar-refractivity contribution in [1.29, 1.82) is 5.26 Å². The maximum absolute atomic E-state index is 8.80. The molecule has 1 aromatic carbocycles. The predicted molar refractivity (Wildman–Crippen MR) is 55.8 cm³/mol. The number of nitrogen functional groups attached to an aromatic ring is 1. The third-order valence-electron chi connectivity index (χ3n) is 1.81. The highest BCUT2D eigenvalue weighted by Gasteiger charge is 2.00. The third-order valence-corrected chi connectivity index (χ3v) is 1.81. The molecule has 0 aliphatic heterocycles. The zero-order valence-corrected chi connectivity index (χ0v) is 7.83. The molecule has 0 amide bonds. The van der Waals surface area contributed by atoms with E-state index in [0.717, 1.165) is 5.69 Å². The Bertz CT molecular complexity index is 344. The van der Waals surface area contributed by atoms with Gasteiger partial charge in [0.15, 0.2) is 0 Å². The van der Waals surface area contributed by atoms with Crippen molar-refractivity contribution in [3.63, 3.8) is 0 Å². The van der Waals surface area contributed by atoms with Crippen LogP contribution >= 0.6 is 0 Å². The molecular weight excluding hydrogens is 178 g/mol. The molecule has 0 spiro atoms. The average Bonchev–Trinajstić information content (AvgIpc) is 2.20. The van der Waals surface area contributed by atoms with Gasteiger partial charge in [-0.1, -0.05) is 0 Å². The van der Waals surface area contributed by atoms with E-state index in [1.165, 1.54) is 0 Å². The fourth-order valence-corrected chi connectivity index (χ4v) is 1.11. The Balaban J connectivity index is 2.72. The SMILES string of the molecule is N#Cc1cc(N)ccc1NCCCO. The van der Waals surface area contributed by atoms with E-state index in [2.05, 4.69) is 11.4 Å². The van der Waals surface area contributed by atoms with E-state index in [9.17, 15) is 0 Å². The minimum Gasteiger partial charge on any atom is -0.399 e. The Morgan fingerprint density at radius 3 is 2.93 bits per heavy atom. The van der Waals surface area contributed by atoms with Gasteiger partial charge in [-0.2, -0.15) is 5.26 Å². The molecular formula is C10H13N3O. The molecule has 74 valence electrons. The van der Waals surface area contributed by atoms with Crippen LogP contribution in [0.1, 0.15) is 12.0 Å². The highest BCUT2D eigenvalue weighted by molar-refractivity contribution is 5.62. The Morgan fingerprint density at radius 1 is 1.50 bits per heavy atom. The summed E-state index contributed by atoms with van der Waals surface area (Å²) < 4.78 is 0. The number of nitrogens with zero attached hydrogens (tertiary/aromatic N) is 1. The maximum Gasteiger partial charge on any atom is 0.101 e. The smallest absolute Gasteiger partial charge is 0.101 e. The van der Waals surface area contributed by atoms with Gasteiger partial charge in [-0.3, -0.25) is 0 Å². The van der Waals surface area contributed by atoms with Crippen molar-refractivity contribution in [2.24, 2.45) is 0 Å². The van der Waals surface area contributed by atoms with Crippen LogP contribution in [0.15, 0.2) is 18.2 Å². The maximum atomic E-state index is 8.80. The number of nitriles is 1. The van der Waals surface area contributed by atoms with Gasteiger partial charge < -0.3 is 16.2 Å². The molecule has 1 aromatic rings. The van der Waals surface area contributed by atoms with Gasteiger partial charge in [0, 0.05) is 18.8 Å². The van der Waals surface area contributed by atoms with Crippen molar-refractivity contribution < 1.29 is 5.11 Å². The van der Waals surface area contributed by atoms with Gasteiger partial charge in [-0.25, -0.2) is 0 Å². The normalized spacial score (nSPS) is 9.43. The van der Waals surface area contributed by atoms with Crippen LogP contribution in [0.25, 0.3) is 0 Å². The third kappa shape index (κ3) is 2.64. The van der Waals surface area contributed by atoms with Crippen molar-refractivity contribution in [3.8, 4) is 6.07 Å². The summed E-state index contributed by atoms with van der Waals surface area (Å²) in [5.74, 6) is 0. The Labute approximate surface area is 83.0 Å². The minimum absolute atomic E-state index is 0.143. The molecule has 0 aliphatic carbocycles. The van der Waals surface area contributed by atoms with Crippen molar-refractivity contribution in [2.45, 2.75) is 6.42 Å². The van der Waals surface area contributed by atoms with Crippen LogP contribution in [0.5, 0.6) is 0 Å². The first kappa shape index (κ1) is 10.4. The fourth-order valence-electron chi connectivity index (χ4n) is 1.11. The molecule has 0 aliphatic rings. The first-order valence-electron chi connectivity index (χ1n) is 4.42. The lowest BCUT2D eigenvalue weighted by atomic mass is 10.1. The Morgan fingerprint density at radius 2 is 2.29 bits per heavy atom. The van der Waals surface area contributed by atoms with Crippen molar-refractivity contribution in [2.75, 3.05) is 24.2 Å². The number of hydrogen-bond donors (Lipinski definition) is 3. The molecule has 4 N–H and O–H groups in total. The van der Waals surface area contributed by atoms with E-state index in [4.69, 9.17) is 16.1 Å². The number of rotatable bonds is 4. The van der Waals surface area contributed by atoms with Crippen LogP contribution < -0.4 is 11.1 Å². The first-order chi connectivity index (χ1) is 6.77. The van der Waals surface area contributed by atoms with Gasteiger partial charge in [-0.05, 0) is 24.6 Å². The Kier molecular flexibility index (Phi) is 3.77. The van der Waals surface area contributed by atoms with E-state index in [0.29, 0.717) is 24.2 Å². The molecule has 0 heterocycles. The van der Waals surface area contributed by atoms with Crippen LogP contribution in [-0.2, 0) is 0 Å². The number of hydrogen-bond acceptors (Lipinski definition) is 4. The number of benzene rings is 1. The van der Waals surface area contributed by atoms with Crippen molar-refractivity contribution in [3.05, 3.63) is 23.8 Å². The predicted octanol–water partition coefficient (Wildman–Crippen LogP) is 0.935. The van der Waals surface area contributed by atoms with Gasteiger partial charge in [0.05, 0.1) is 11.3 Å². The van der Waals surface area contributed by atoms with Crippen molar-refractivity contribution in [1.82, 2.24) is 0 Å². The molecule has 4 nitrogen and oxygen atoms in total. The lowest BCUT2D eigenvalue weighted by Gasteiger charge is -2.07. The van der Waals surface area contributed by atoms with E-state index in [1.54, 1.807) is 18.2 Å². The molecule has 0 atom stereocenters. The number of nitrogens with one attached hydrogen (secondary N) is 1. The van der Waals surface area contributed by atoms with E-state index < -0.39 is 0 Å². The summed E-state index contributed by atoms with van der Waals surface area (Å²) in [6.45, 7) is 0.791. The number of aliphatic hydroxyl groups excluding tert-OH is 1. The topological polar surface area (TPSA) is 82.1 Å². The van der Waals surface area contributed by atoms with Crippen LogP contribution in [-0.4, -0.2) is 18.3 Å². The monoisotopic (exact) mass is 191 g/mol. The van der Waals surface area contributed by atoms with Gasteiger partial charge >= 0.3 is 0 Å². The summed E-state index contributed by atoms with van der Waals surface area (Å²) in [7, 11) is 0. The van der Waals surface area contributed by atoms with Gasteiger partial charge in [-0.15, -0.1) is 0 Å². The summed E-state index contributed by atoms with van der Waals surface area (Å²) in [6, 6.07) is 7.19. The first-order valence-corrected chi connectivity index (χ1v) is 4.42. The van der Waals surface area contributed by atoms with Crippen LogP contribution in [0, 0.1) is 11.3 Å². The number of aliphatic hydroxyl groups is 1. The molecule has 0 saturated carbocycles. The standard InChI is InChI=1S/C10H13N3O/c11-7-8-6-9(12)2-3-10(8)13-4-1-5-14/h2-3,6,13-14H,1,4-5,12H2. The van der Waals surface area contributed by atoms with Gasteiger partial charge in [0.25, 0.3) is 0 Å². The van der Waals surface area contributed by atoms with E-state index in [1.807, 2.05) is 0 Å². The zero-order chi connectivity index (χ0) is 10.4. The molecule has 4 heteroatoms. The molecule has 0 bridgehead atoms. The van der Waals surface area contributed by atoms with Crippen LogP contribution in [0.2, 0.25) is 0 Å². The summed E-state index contributed by atoms with van der Waals surface area (Å²) in [5.41, 5.74) is 7.41. The molecule has 0 fully saturated rings. The van der Waals surface area contributed by atoms with Gasteiger partial charge in [0.1, 0.15) is 6.07 Å². The van der Waals surface area contributed by atoms with Gasteiger partial charge in [0.2, 0.25) is 0 Å². The molecule has 0 unspecified atom stereocenters. The number of anilines is 2. The second-order valence-corrected chi connectivity index (χ2v) is 2.92. The second-order valence-electron chi connectivity index (χ2n) is 2.92. The highest BCUT2D eigenvalue weighted by Crippen LogP contribution is 2.17. The minimum atomic E-state index is 0.143. The molecule has 0 aromatic heterocycles. The van der Waals surface area contributed by atoms with Crippen LogP contribution in [0.4, 0.5) is 11.4 Å². The number of nitrogens with two attached hydrogens (primary N) is 1. The second kappa shape index (κ2) is 5.10. The molecule has 1 rings (SSSR count). The highest BCUT2D eigenvalue weighted by atomic mass is 16.3. The lowest BCUT2D eigenvalue weighted by molar-refractivity contribution is 0.292. The quantitative estimate of drug-likeness (QED) is 0.488. The summed E-state index contributed by atoms with van der Waals surface area (Å²) >= 11 is 0. The summed E-state index contributed by atoms with van der Waals surface area (Å²) in [4.78, 5) is 0. The lowest BCUT2D eigenvalue weighted by Crippen LogP contribution is -2.05. The molecule has 0 radical (unpaired) electrons. The average molecular weight is 191 g/mol. The summed E-state index contributed by atoms with van der Waals surface area (Å²) in [5, 5.41) is 20.4. The zero-order valence-electron chi connectivity index (χ0n) is 7.83. The fraction of sp³-hybridized carbons (Fsp3) is 0.300. The molecule has 0 saturated heterocycles. The van der Waals surface area contributed by atoms with Crippen LogP contribution in [0.3, 0.4) is 0 Å². The molecule has 14 heavy (non-hydrogen) atoms. The van der Waals surface area contributed by atoms with E-state index in [-0.39, 0.29) is 6.61 Å². The Hall–Kier alpha value is -1.73. The largest absolute Gasteiger partial charge is 0.399 e. The summed E-state index contributed by atoms with van der Waals surface area (Å²) in [6.07, 6.45) is 0.662. The van der Waals surface area contributed by atoms with Crippen molar-refractivity contribution >= 4 is 11.4 Å².